The molecule has 0 heterocycles. The van der Waals surface area contributed by atoms with E-state index in [0.717, 1.165) is 6.42 Å². The molecule has 0 aliphatic rings. The molecule has 138 valence electrons. The highest BCUT2D eigenvalue weighted by Crippen LogP contribution is 2.07. The van der Waals surface area contributed by atoms with Gasteiger partial charge < -0.3 is 36.2 Å². The van der Waals surface area contributed by atoms with Gasteiger partial charge in [-0.3, -0.25) is 0 Å². The van der Waals surface area contributed by atoms with Crippen molar-refractivity contribution in [3.8, 4) is 0 Å². The molecule has 0 aliphatic heterocycles. The van der Waals surface area contributed by atoms with E-state index in [4.69, 9.17) is 17.3 Å². The quantitative estimate of drug-likeness (QED) is 0.208. The zero-order chi connectivity index (χ0) is 17.8. The SMILES string of the molecule is CCCC(=S)NC(CNCC(O)C(O)CO)C(O)CC(O)CC. The summed E-state index contributed by atoms with van der Waals surface area (Å²) in [5.74, 6) is 0. The molecule has 0 spiro atoms. The maximum absolute atomic E-state index is 10.3. The minimum atomic E-state index is -1.21. The molecule has 7 nitrogen and oxygen atoms in total. The Labute approximate surface area is 143 Å². The number of nitrogens with one attached hydrogen (secondary N) is 2. The highest BCUT2D eigenvalue weighted by Gasteiger charge is 2.23. The Morgan fingerprint density at radius 2 is 1.65 bits per heavy atom. The first-order chi connectivity index (χ1) is 10.8. The fourth-order valence-corrected chi connectivity index (χ4v) is 2.40. The Morgan fingerprint density at radius 1 is 1.00 bits per heavy atom. The summed E-state index contributed by atoms with van der Waals surface area (Å²) in [6.45, 7) is 3.70. The van der Waals surface area contributed by atoms with Crippen LogP contribution in [-0.2, 0) is 0 Å². The van der Waals surface area contributed by atoms with E-state index in [0.29, 0.717) is 24.4 Å². The summed E-state index contributed by atoms with van der Waals surface area (Å²) in [4.78, 5) is 0.639. The smallest absolute Gasteiger partial charge is 0.104 e. The van der Waals surface area contributed by atoms with Crippen LogP contribution in [0.5, 0.6) is 0 Å². The molecule has 0 radical (unpaired) electrons. The predicted molar refractivity (Wildman–Crippen MR) is 93.3 cm³/mol. The van der Waals surface area contributed by atoms with E-state index in [2.05, 4.69) is 10.6 Å². The van der Waals surface area contributed by atoms with Gasteiger partial charge in [-0.15, -0.1) is 0 Å². The molecule has 0 aromatic heterocycles. The Balaban J connectivity index is 4.49. The van der Waals surface area contributed by atoms with Crippen molar-refractivity contribution < 1.29 is 25.5 Å². The van der Waals surface area contributed by atoms with Crippen LogP contribution >= 0.6 is 12.2 Å². The van der Waals surface area contributed by atoms with Gasteiger partial charge in [0.15, 0.2) is 0 Å². The van der Waals surface area contributed by atoms with Crippen LogP contribution in [0, 0.1) is 0 Å². The maximum atomic E-state index is 10.3. The first kappa shape index (κ1) is 22.6. The van der Waals surface area contributed by atoms with Gasteiger partial charge >= 0.3 is 0 Å². The van der Waals surface area contributed by atoms with Gasteiger partial charge in [0.05, 0.1) is 35.9 Å². The molecule has 0 saturated carbocycles. The lowest BCUT2D eigenvalue weighted by Gasteiger charge is -2.28. The molecule has 0 aromatic carbocycles. The molecule has 0 aliphatic carbocycles. The van der Waals surface area contributed by atoms with Gasteiger partial charge in [-0.2, -0.15) is 0 Å². The van der Waals surface area contributed by atoms with Gasteiger partial charge in [0.25, 0.3) is 0 Å². The van der Waals surface area contributed by atoms with Crippen LogP contribution in [0.3, 0.4) is 0 Å². The lowest BCUT2D eigenvalue weighted by molar-refractivity contribution is -0.0137. The number of aliphatic hydroxyl groups excluding tert-OH is 5. The molecule has 5 unspecified atom stereocenters. The van der Waals surface area contributed by atoms with Gasteiger partial charge in [-0.1, -0.05) is 26.1 Å². The second-order valence-electron chi connectivity index (χ2n) is 5.76. The summed E-state index contributed by atoms with van der Waals surface area (Å²) in [5, 5.41) is 53.7. The van der Waals surface area contributed by atoms with Crippen LogP contribution in [0.1, 0.15) is 39.5 Å². The summed E-state index contributed by atoms with van der Waals surface area (Å²) < 4.78 is 0. The van der Waals surface area contributed by atoms with E-state index >= 15 is 0 Å². The zero-order valence-corrected chi connectivity index (χ0v) is 14.8. The van der Waals surface area contributed by atoms with Crippen LogP contribution in [0.25, 0.3) is 0 Å². The van der Waals surface area contributed by atoms with Crippen molar-refractivity contribution in [1.82, 2.24) is 10.6 Å². The minimum Gasteiger partial charge on any atom is -0.394 e. The molecule has 23 heavy (non-hydrogen) atoms. The second kappa shape index (κ2) is 13.0. The molecule has 8 heteroatoms. The standard InChI is InChI=1S/C15H32N2O5S/c1-3-5-15(23)17-11(12(20)6-10(19)4-2)7-16-8-13(21)14(22)9-18/h10-14,16,18-22H,3-9H2,1-2H3,(H,17,23). The first-order valence-electron chi connectivity index (χ1n) is 8.18. The summed E-state index contributed by atoms with van der Waals surface area (Å²) in [7, 11) is 0. The van der Waals surface area contributed by atoms with E-state index in [1.807, 2.05) is 13.8 Å². The average molecular weight is 352 g/mol. The third kappa shape index (κ3) is 10.2. The first-order valence-corrected chi connectivity index (χ1v) is 8.59. The minimum absolute atomic E-state index is 0.0729. The molecule has 0 bridgehead atoms. The molecule has 0 rings (SSSR count). The summed E-state index contributed by atoms with van der Waals surface area (Å²) in [5.41, 5.74) is 0. The van der Waals surface area contributed by atoms with Crippen molar-refractivity contribution in [3.63, 3.8) is 0 Å². The van der Waals surface area contributed by atoms with E-state index in [9.17, 15) is 20.4 Å². The number of aliphatic hydroxyl groups is 5. The number of hydrogen-bond donors (Lipinski definition) is 7. The van der Waals surface area contributed by atoms with E-state index in [1.54, 1.807) is 0 Å². The molecular weight excluding hydrogens is 320 g/mol. The maximum Gasteiger partial charge on any atom is 0.104 e. The predicted octanol–water partition coefficient (Wildman–Crippen LogP) is -1.10. The van der Waals surface area contributed by atoms with Crippen molar-refractivity contribution in [1.29, 1.82) is 0 Å². The zero-order valence-electron chi connectivity index (χ0n) is 14.0. The Bertz CT molecular complexity index is 322. The average Bonchev–Trinajstić information content (AvgIpc) is 2.52. The van der Waals surface area contributed by atoms with E-state index in [-0.39, 0.29) is 13.0 Å². The van der Waals surface area contributed by atoms with Gasteiger partial charge in [-0.05, 0) is 19.3 Å². The fraction of sp³-hybridized carbons (Fsp3) is 0.933. The van der Waals surface area contributed by atoms with E-state index < -0.39 is 37.1 Å². The Morgan fingerprint density at radius 3 is 2.17 bits per heavy atom. The third-order valence-corrected chi connectivity index (χ3v) is 3.94. The van der Waals surface area contributed by atoms with Crippen LogP contribution in [0.2, 0.25) is 0 Å². The molecule has 0 fully saturated rings. The monoisotopic (exact) mass is 352 g/mol. The van der Waals surface area contributed by atoms with Gasteiger partial charge in [0.2, 0.25) is 0 Å². The number of rotatable bonds is 13. The summed E-state index contributed by atoms with van der Waals surface area (Å²) >= 11 is 5.22. The second-order valence-corrected chi connectivity index (χ2v) is 6.26. The normalized spacial score (nSPS) is 18.0. The molecule has 7 N–H and O–H groups in total. The van der Waals surface area contributed by atoms with Crippen molar-refractivity contribution in [2.75, 3.05) is 19.7 Å². The van der Waals surface area contributed by atoms with Crippen LogP contribution < -0.4 is 10.6 Å². The van der Waals surface area contributed by atoms with Crippen LogP contribution in [-0.4, -0.2) is 80.7 Å². The number of hydrogen-bond acceptors (Lipinski definition) is 7. The Hall–Kier alpha value is -0.350. The van der Waals surface area contributed by atoms with Gasteiger partial charge in [0, 0.05) is 19.5 Å². The molecule has 0 saturated heterocycles. The molecule has 5 atom stereocenters. The van der Waals surface area contributed by atoms with Crippen molar-refractivity contribution in [2.24, 2.45) is 0 Å². The molecular formula is C15H32N2O5S. The van der Waals surface area contributed by atoms with Crippen molar-refractivity contribution >= 4 is 17.2 Å². The van der Waals surface area contributed by atoms with Crippen LogP contribution in [0.4, 0.5) is 0 Å². The lowest BCUT2D eigenvalue weighted by atomic mass is 10.0. The van der Waals surface area contributed by atoms with Gasteiger partial charge in [-0.25, -0.2) is 0 Å². The Kier molecular flexibility index (Phi) is 12.8. The van der Waals surface area contributed by atoms with E-state index in [1.165, 1.54) is 0 Å². The summed E-state index contributed by atoms with van der Waals surface area (Å²) in [6, 6.07) is -0.409. The summed E-state index contributed by atoms with van der Waals surface area (Å²) in [6.07, 6.45) is -1.31. The highest BCUT2D eigenvalue weighted by atomic mass is 32.1. The number of thiocarbonyl (C=S) groups is 1. The largest absolute Gasteiger partial charge is 0.394 e. The fourth-order valence-electron chi connectivity index (χ4n) is 2.04. The van der Waals surface area contributed by atoms with Crippen molar-refractivity contribution in [2.45, 2.75) is 70.0 Å². The molecule has 0 aromatic rings. The highest BCUT2D eigenvalue weighted by molar-refractivity contribution is 7.80. The van der Waals surface area contributed by atoms with Crippen LogP contribution in [0.15, 0.2) is 0 Å². The van der Waals surface area contributed by atoms with Gasteiger partial charge in [0.1, 0.15) is 6.10 Å². The lowest BCUT2D eigenvalue weighted by Crippen LogP contribution is -2.51. The third-order valence-electron chi connectivity index (χ3n) is 3.62. The topological polar surface area (TPSA) is 125 Å². The van der Waals surface area contributed by atoms with Crippen molar-refractivity contribution in [3.05, 3.63) is 0 Å². The molecule has 0 amide bonds.